The number of benzene rings is 3. The fraction of sp³-hybridized carbons (Fsp3) is 0.333. The maximum atomic E-state index is 13.0. The Bertz CT molecular complexity index is 1970. The van der Waals surface area contributed by atoms with Crippen molar-refractivity contribution in [2.24, 2.45) is 10.7 Å². The predicted molar refractivity (Wildman–Crippen MR) is 194 cm³/mol. The van der Waals surface area contributed by atoms with Gasteiger partial charge in [0.2, 0.25) is 17.7 Å². The zero-order chi connectivity index (χ0) is 36.7. The van der Waals surface area contributed by atoms with Crippen molar-refractivity contribution in [1.29, 1.82) is 0 Å². The van der Waals surface area contributed by atoms with E-state index in [1.807, 2.05) is 55.4 Å². The second-order valence-corrected chi connectivity index (χ2v) is 13.1. The Balaban J connectivity index is 1.53. The highest BCUT2D eigenvalue weighted by molar-refractivity contribution is 8.00. The molecule has 1 aliphatic heterocycles. The molecule has 50 heavy (non-hydrogen) atoms. The quantitative estimate of drug-likeness (QED) is 0.115. The summed E-state index contributed by atoms with van der Waals surface area (Å²) in [7, 11) is 7.13. The smallest absolute Gasteiger partial charge is 0.336 e. The number of likely N-dealkylation sites (N-methyl/N-ethyl adjacent to an activating group) is 1. The molecule has 0 saturated carbocycles. The molecule has 2 aliphatic rings. The number of nitrogens with one attached hydrogen (secondary N) is 3. The Hall–Kier alpha value is -5.21. The summed E-state index contributed by atoms with van der Waals surface area (Å²) in [6.07, 6.45) is -0.0486. The molecule has 1 heterocycles. The standard InChI is InChI=1S/C36H42N6O7S/c1-19(38-3)34(45)40-20(2)35(46)41-29(33(37)44)18-50-17-24(43)13-21-7-10-25(28(14-21)36(47)48)32-26-11-8-22(39-4)15-30(26)49-31-16-23(42(5)6)9-12-27(31)32/h7-12,14-16,19-20,29,38H,13,17-18H2,1-6H3,(H2,37,44)(H,40,45)(H,41,46)(H,47,48)/b39-22-/t19-,20-,29-/m0/s1. The average molecular weight is 703 g/mol. The number of hydrogen-bond acceptors (Lipinski definition) is 10. The minimum atomic E-state index is -1.15. The number of aromatic carboxylic acids is 1. The molecule has 6 N–H and O–H groups in total. The number of carbonyl (C=O) groups is 5. The molecule has 0 fully saturated rings. The highest BCUT2D eigenvalue weighted by atomic mass is 32.2. The molecule has 0 spiro atoms. The van der Waals surface area contributed by atoms with Crippen LogP contribution in [0.2, 0.25) is 0 Å². The van der Waals surface area contributed by atoms with E-state index in [9.17, 15) is 29.1 Å². The fourth-order valence-electron chi connectivity index (χ4n) is 5.27. The van der Waals surface area contributed by atoms with E-state index in [2.05, 4.69) is 20.9 Å². The summed E-state index contributed by atoms with van der Waals surface area (Å²) in [5.74, 6) is -2.55. The summed E-state index contributed by atoms with van der Waals surface area (Å²) in [5, 5.41) is 19.6. The normalized spacial score (nSPS) is 13.4. The average Bonchev–Trinajstić information content (AvgIpc) is 3.08. The van der Waals surface area contributed by atoms with Gasteiger partial charge in [-0.15, -0.1) is 0 Å². The molecule has 0 unspecified atom stereocenters. The van der Waals surface area contributed by atoms with Crippen molar-refractivity contribution in [3.63, 3.8) is 0 Å². The van der Waals surface area contributed by atoms with Gasteiger partial charge in [-0.25, -0.2) is 4.79 Å². The van der Waals surface area contributed by atoms with Crippen molar-refractivity contribution in [3.8, 4) is 22.5 Å². The summed E-state index contributed by atoms with van der Waals surface area (Å²) >= 11 is 1.11. The van der Waals surface area contributed by atoms with Gasteiger partial charge in [-0.05, 0) is 62.4 Å². The first kappa shape index (κ1) is 37.6. The van der Waals surface area contributed by atoms with Crippen LogP contribution in [0.3, 0.4) is 0 Å². The topological polar surface area (TPSA) is 196 Å². The highest BCUT2D eigenvalue weighted by Gasteiger charge is 2.25. The van der Waals surface area contributed by atoms with Crippen LogP contribution < -0.4 is 31.9 Å². The zero-order valence-electron chi connectivity index (χ0n) is 28.8. The van der Waals surface area contributed by atoms with Crippen LogP contribution in [0, 0.1) is 0 Å². The highest BCUT2D eigenvalue weighted by Crippen LogP contribution is 2.42. The number of nitrogens with zero attached hydrogens (tertiary/aromatic N) is 2. The summed E-state index contributed by atoms with van der Waals surface area (Å²) in [5.41, 5.74) is 9.38. The molecule has 14 heteroatoms. The van der Waals surface area contributed by atoms with E-state index in [1.165, 1.54) is 13.0 Å². The van der Waals surface area contributed by atoms with Gasteiger partial charge in [-0.1, -0.05) is 12.1 Å². The second-order valence-electron chi connectivity index (χ2n) is 12.1. The largest absolute Gasteiger partial charge is 0.478 e. The molecule has 0 bridgehead atoms. The van der Waals surface area contributed by atoms with Gasteiger partial charge in [0.15, 0.2) is 0 Å². The number of primary amides is 1. The van der Waals surface area contributed by atoms with E-state index >= 15 is 0 Å². The fourth-order valence-corrected chi connectivity index (χ4v) is 6.20. The molecule has 2 aromatic carbocycles. The summed E-state index contributed by atoms with van der Waals surface area (Å²) in [6, 6.07) is 13.7. The third-order valence-electron chi connectivity index (χ3n) is 8.23. The number of hydrogen-bond donors (Lipinski definition) is 5. The number of Topliss-reactive ketones (excluding diaryl/α,β-unsaturated/α-hetero) is 1. The lowest BCUT2D eigenvalue weighted by atomic mass is 9.89. The van der Waals surface area contributed by atoms with Crippen molar-refractivity contribution in [2.45, 2.75) is 38.4 Å². The van der Waals surface area contributed by atoms with E-state index in [1.54, 1.807) is 33.2 Å². The van der Waals surface area contributed by atoms with Gasteiger partial charge in [0, 0.05) is 67.6 Å². The van der Waals surface area contributed by atoms with Gasteiger partial charge >= 0.3 is 5.97 Å². The molecular formula is C36H42N6O7S. The number of rotatable bonds is 15. The number of anilines is 1. The predicted octanol–water partition coefficient (Wildman–Crippen LogP) is 2.43. The first-order valence-corrected chi connectivity index (χ1v) is 17.0. The maximum absolute atomic E-state index is 13.0. The molecule has 2 aromatic rings. The Morgan fingerprint density at radius 1 is 0.940 bits per heavy atom. The summed E-state index contributed by atoms with van der Waals surface area (Å²) in [4.78, 5) is 68.6. The molecule has 0 saturated heterocycles. The summed E-state index contributed by atoms with van der Waals surface area (Å²) < 4.78 is 6.30. The van der Waals surface area contributed by atoms with E-state index in [-0.39, 0.29) is 35.2 Å². The lowest BCUT2D eigenvalue weighted by Crippen LogP contribution is -2.54. The number of carboxylic acids is 1. The second kappa shape index (κ2) is 16.5. The van der Waals surface area contributed by atoms with E-state index in [0.29, 0.717) is 39.0 Å². The molecular weight excluding hydrogens is 660 g/mol. The molecule has 3 amide bonds. The molecule has 4 rings (SSSR count). The molecule has 0 radical (unpaired) electrons. The van der Waals surface area contributed by atoms with Crippen LogP contribution in [0.1, 0.15) is 29.8 Å². The molecule has 13 nitrogen and oxygen atoms in total. The van der Waals surface area contributed by atoms with Gasteiger partial charge in [-0.2, -0.15) is 11.8 Å². The minimum Gasteiger partial charge on any atom is -0.478 e. The zero-order valence-corrected chi connectivity index (χ0v) is 29.6. The van der Waals surface area contributed by atoms with Crippen LogP contribution in [0.15, 0.2) is 64.0 Å². The number of carbonyl (C=O) groups excluding carboxylic acids is 4. The number of amides is 3. The van der Waals surface area contributed by atoms with Crippen LogP contribution in [-0.2, 0) is 25.6 Å². The van der Waals surface area contributed by atoms with Crippen LogP contribution in [0.5, 0.6) is 0 Å². The maximum Gasteiger partial charge on any atom is 0.336 e. The number of nitrogens with two attached hydrogens (primary N) is 1. The van der Waals surface area contributed by atoms with Gasteiger partial charge in [0.1, 0.15) is 29.2 Å². The number of ketones is 1. The minimum absolute atomic E-state index is 0.00965. The summed E-state index contributed by atoms with van der Waals surface area (Å²) in [6.45, 7) is 3.12. The van der Waals surface area contributed by atoms with Crippen molar-refractivity contribution < 1.29 is 33.5 Å². The Kier molecular flexibility index (Phi) is 12.4. The van der Waals surface area contributed by atoms with Gasteiger partial charge in [0.25, 0.3) is 0 Å². The van der Waals surface area contributed by atoms with Crippen LogP contribution >= 0.6 is 11.8 Å². The Labute approximate surface area is 294 Å². The lowest BCUT2D eigenvalue weighted by molar-refractivity contribution is -0.131. The van der Waals surface area contributed by atoms with Gasteiger partial charge in [-0.3, -0.25) is 24.2 Å². The Morgan fingerprint density at radius 2 is 1.64 bits per heavy atom. The number of carboxylic acid groups (broad SMARTS) is 1. The lowest BCUT2D eigenvalue weighted by Gasteiger charge is -2.20. The number of fused-ring (bicyclic) bond motifs is 2. The monoisotopic (exact) mass is 702 g/mol. The SMILES string of the molecule is C/N=c1/ccc2c(-c3ccc(CC(=O)CSC[C@H](NC(=O)[C@H](C)NC(=O)[C@H](C)NC)C(N)=O)cc3C(=O)O)c3ccc(N(C)C)cc3oc-2c1. The molecule has 3 atom stereocenters. The number of thioether (sulfide) groups is 1. The van der Waals surface area contributed by atoms with Crippen molar-refractivity contribution >= 4 is 57.9 Å². The molecule has 1 aliphatic carbocycles. The first-order chi connectivity index (χ1) is 23.7. The van der Waals surface area contributed by atoms with Crippen molar-refractivity contribution in [3.05, 3.63) is 71.1 Å². The van der Waals surface area contributed by atoms with Gasteiger partial charge < -0.3 is 36.1 Å². The van der Waals surface area contributed by atoms with Crippen LogP contribution in [0.4, 0.5) is 5.69 Å². The first-order valence-electron chi connectivity index (χ1n) is 15.9. The van der Waals surface area contributed by atoms with Crippen molar-refractivity contribution in [2.75, 3.05) is 44.6 Å². The van der Waals surface area contributed by atoms with Crippen LogP contribution in [0.25, 0.3) is 33.4 Å². The van der Waals surface area contributed by atoms with Gasteiger partial charge in [0.05, 0.1) is 22.7 Å². The van der Waals surface area contributed by atoms with E-state index in [4.69, 9.17) is 10.2 Å². The Morgan fingerprint density at radius 3 is 2.28 bits per heavy atom. The third-order valence-corrected chi connectivity index (χ3v) is 9.33. The third kappa shape index (κ3) is 8.87. The van der Waals surface area contributed by atoms with E-state index < -0.39 is 35.9 Å². The van der Waals surface area contributed by atoms with E-state index in [0.717, 1.165) is 22.8 Å². The van der Waals surface area contributed by atoms with Crippen molar-refractivity contribution in [1.82, 2.24) is 16.0 Å². The molecule has 0 aromatic heterocycles. The van der Waals surface area contributed by atoms with Crippen LogP contribution in [-0.4, -0.2) is 92.4 Å². The molecule has 264 valence electrons.